The van der Waals surface area contributed by atoms with Crippen LogP contribution in [-0.4, -0.2) is 45.9 Å². The van der Waals surface area contributed by atoms with Gasteiger partial charge in [0.2, 0.25) is 0 Å². The molecule has 0 fully saturated rings. The molecule has 9 heteroatoms. The van der Waals surface area contributed by atoms with Gasteiger partial charge in [0.05, 0.1) is 23.8 Å². The second-order valence-corrected chi connectivity index (χ2v) is 7.18. The van der Waals surface area contributed by atoms with Crippen LogP contribution in [0.25, 0.3) is 0 Å². The van der Waals surface area contributed by atoms with Crippen LogP contribution in [0.5, 0.6) is 0 Å². The van der Waals surface area contributed by atoms with E-state index in [-0.39, 0.29) is 45.5 Å². The van der Waals surface area contributed by atoms with Crippen LogP contribution >= 0.6 is 0 Å². The molecular formula is C22H42O8Ti. The average Bonchev–Trinajstić information content (AvgIpc) is 2.55. The molecule has 0 aliphatic carbocycles. The van der Waals surface area contributed by atoms with Crippen LogP contribution in [0.15, 0.2) is 0 Å². The summed E-state index contributed by atoms with van der Waals surface area (Å²) in [4.78, 5) is 42.6. The first-order chi connectivity index (χ1) is 13.7. The third-order valence-electron chi connectivity index (χ3n) is 3.16. The largest absolute Gasteiger partial charge is 2.00 e. The van der Waals surface area contributed by atoms with E-state index in [9.17, 15) is 29.4 Å². The molecule has 0 aromatic heterocycles. The van der Waals surface area contributed by atoms with Crippen molar-refractivity contribution in [3.05, 3.63) is 0 Å². The standard InChI is InChI=1S/2C8H14O3.2C3H8O.Ti/c2*1-3-5-7(9)6(4-2)8(10)11;2*1-3(2)4;/h2*6H,3-5H2,1-2H3,(H,10,11);2*3-4H,1-2H3;/q;;;;+2/p-2. The Morgan fingerprint density at radius 1 is 0.645 bits per heavy atom. The fourth-order valence-corrected chi connectivity index (χ4v) is 1.89. The molecule has 0 bridgehead atoms. The molecule has 0 amide bonds. The van der Waals surface area contributed by atoms with Crippen LogP contribution < -0.4 is 10.2 Å². The van der Waals surface area contributed by atoms with Gasteiger partial charge in [-0.1, -0.05) is 27.7 Å². The number of rotatable bonds is 10. The maximum absolute atomic E-state index is 11.0. The molecule has 0 rings (SSSR count). The van der Waals surface area contributed by atoms with Crippen molar-refractivity contribution in [2.45, 2.75) is 106 Å². The Hall–Kier alpha value is -1.09. The number of Topliss-reactive ketones (excluding diaryl/α,β-unsaturated/α-hetero) is 2. The van der Waals surface area contributed by atoms with E-state index in [0.717, 1.165) is 0 Å². The van der Waals surface area contributed by atoms with E-state index in [4.69, 9.17) is 10.2 Å². The van der Waals surface area contributed by atoms with Crippen LogP contribution in [0.1, 0.15) is 93.9 Å². The molecule has 0 saturated carbocycles. The van der Waals surface area contributed by atoms with Gasteiger partial charge in [-0.3, -0.25) is 9.59 Å². The second kappa shape index (κ2) is 26.9. The number of carboxylic acids is 2. The molecule has 0 aromatic carbocycles. The Morgan fingerprint density at radius 3 is 0.935 bits per heavy atom. The van der Waals surface area contributed by atoms with Crippen LogP contribution in [0.2, 0.25) is 0 Å². The monoisotopic (exact) mass is 482 g/mol. The first-order valence-corrected chi connectivity index (χ1v) is 10.6. The molecule has 0 saturated heterocycles. The van der Waals surface area contributed by atoms with Crippen molar-refractivity contribution in [1.82, 2.24) is 0 Å². The maximum atomic E-state index is 11.0. The number of carbonyl (C=O) groups excluding carboxylic acids is 4. The molecule has 0 heterocycles. The van der Waals surface area contributed by atoms with Crippen molar-refractivity contribution in [3.63, 3.8) is 0 Å². The van der Waals surface area contributed by atoms with Gasteiger partial charge < -0.3 is 30.0 Å². The summed E-state index contributed by atoms with van der Waals surface area (Å²) in [5.74, 6) is -4.70. The number of hydrogen-bond donors (Lipinski definition) is 2. The predicted molar refractivity (Wildman–Crippen MR) is 112 cm³/mol. The van der Waals surface area contributed by atoms with Gasteiger partial charge in [-0.2, -0.15) is 0 Å². The SMILES string of the molecule is CC(C)O.CC(C)O.CCCC(=O)C(CC)C(=O)[O-].CCCC(=O)C(CC)C(=O)[O-].[Ti+2]. The summed E-state index contributed by atoms with van der Waals surface area (Å²) in [6.45, 7) is 13.9. The van der Waals surface area contributed by atoms with Crippen molar-refractivity contribution in [3.8, 4) is 0 Å². The van der Waals surface area contributed by atoms with Crippen molar-refractivity contribution in [2.24, 2.45) is 11.8 Å². The summed E-state index contributed by atoms with van der Waals surface area (Å²) >= 11 is 0. The number of carboxylic acid groups (broad SMARTS) is 2. The quantitative estimate of drug-likeness (QED) is 0.346. The van der Waals surface area contributed by atoms with Crippen LogP contribution in [-0.2, 0) is 40.9 Å². The third kappa shape index (κ3) is 33.7. The molecule has 2 N–H and O–H groups in total. The third-order valence-corrected chi connectivity index (χ3v) is 3.16. The zero-order valence-electron chi connectivity index (χ0n) is 20.4. The van der Waals surface area contributed by atoms with Gasteiger partial charge >= 0.3 is 21.7 Å². The number of ketones is 2. The first kappa shape index (κ1) is 40.3. The molecule has 31 heavy (non-hydrogen) atoms. The fourth-order valence-electron chi connectivity index (χ4n) is 1.89. The second-order valence-electron chi connectivity index (χ2n) is 7.18. The molecule has 8 nitrogen and oxygen atoms in total. The summed E-state index contributed by atoms with van der Waals surface area (Å²) in [5, 5.41) is 36.7. The molecule has 2 atom stereocenters. The number of hydrogen-bond acceptors (Lipinski definition) is 8. The number of aliphatic carboxylic acids is 2. The van der Waals surface area contributed by atoms with E-state index in [1.807, 2.05) is 13.8 Å². The van der Waals surface area contributed by atoms with Gasteiger partial charge in [-0.25, -0.2) is 0 Å². The van der Waals surface area contributed by atoms with Crippen molar-refractivity contribution in [2.75, 3.05) is 0 Å². The summed E-state index contributed by atoms with van der Waals surface area (Å²) in [6.07, 6.45) is 2.41. The summed E-state index contributed by atoms with van der Waals surface area (Å²) < 4.78 is 0. The zero-order chi connectivity index (χ0) is 24.9. The van der Waals surface area contributed by atoms with Crippen LogP contribution in [0, 0.1) is 11.8 Å². The Balaban J connectivity index is -0.000000106. The minimum atomic E-state index is -1.24. The van der Waals surface area contributed by atoms with Crippen LogP contribution in [0.4, 0.5) is 0 Å². The summed E-state index contributed by atoms with van der Waals surface area (Å²) in [7, 11) is 0. The Kier molecular flexibility index (Phi) is 35.0. The van der Waals surface area contributed by atoms with Gasteiger partial charge in [0.15, 0.2) is 0 Å². The Bertz CT molecular complexity index is 417. The molecule has 0 aliphatic heterocycles. The van der Waals surface area contributed by atoms with E-state index < -0.39 is 23.8 Å². The molecule has 182 valence electrons. The van der Waals surface area contributed by atoms with Crippen molar-refractivity contribution in [1.29, 1.82) is 0 Å². The van der Waals surface area contributed by atoms with E-state index in [1.165, 1.54) is 0 Å². The summed E-state index contributed by atoms with van der Waals surface area (Å²) in [5.41, 5.74) is 0. The van der Waals surface area contributed by atoms with E-state index in [2.05, 4.69) is 0 Å². The van der Waals surface area contributed by atoms with Gasteiger partial charge in [-0.15, -0.1) is 0 Å². The van der Waals surface area contributed by atoms with E-state index in [1.54, 1.807) is 41.5 Å². The number of aliphatic hydroxyl groups excluding tert-OH is 2. The zero-order valence-corrected chi connectivity index (χ0v) is 22.0. The molecule has 0 aromatic rings. The first-order valence-electron chi connectivity index (χ1n) is 10.6. The number of carbonyl (C=O) groups is 4. The molecule has 0 aliphatic rings. The average molecular weight is 482 g/mol. The molecule has 2 unspecified atom stereocenters. The smallest absolute Gasteiger partial charge is 0.549 e. The minimum absolute atomic E-state index is 0. The van der Waals surface area contributed by atoms with Gasteiger partial charge in [0.25, 0.3) is 0 Å². The van der Waals surface area contributed by atoms with E-state index >= 15 is 0 Å². The Morgan fingerprint density at radius 2 is 0.839 bits per heavy atom. The fraction of sp³-hybridized carbons (Fsp3) is 0.818. The van der Waals surface area contributed by atoms with Gasteiger partial charge in [0, 0.05) is 25.0 Å². The Labute approximate surface area is 202 Å². The summed E-state index contributed by atoms with van der Waals surface area (Å²) in [6, 6.07) is 0. The predicted octanol–water partition coefficient (Wildman–Crippen LogP) is 1.04. The van der Waals surface area contributed by atoms with Gasteiger partial charge in [-0.05, 0) is 53.4 Å². The number of aliphatic hydroxyl groups is 2. The van der Waals surface area contributed by atoms with Crippen molar-refractivity contribution >= 4 is 23.5 Å². The molecule has 0 radical (unpaired) electrons. The normalized spacial score (nSPS) is 11.2. The van der Waals surface area contributed by atoms with Gasteiger partial charge in [0.1, 0.15) is 11.6 Å². The maximum Gasteiger partial charge on any atom is 2.00 e. The molecule has 0 spiro atoms. The van der Waals surface area contributed by atoms with Crippen molar-refractivity contribution < 1.29 is 61.3 Å². The van der Waals surface area contributed by atoms with E-state index in [0.29, 0.717) is 38.5 Å². The topological polar surface area (TPSA) is 155 Å². The minimum Gasteiger partial charge on any atom is -0.549 e. The molecular weight excluding hydrogens is 440 g/mol. The van der Waals surface area contributed by atoms with Crippen LogP contribution in [0.3, 0.4) is 0 Å².